The van der Waals surface area contributed by atoms with Gasteiger partial charge < -0.3 is 10.6 Å². The van der Waals surface area contributed by atoms with E-state index < -0.39 is 0 Å². The summed E-state index contributed by atoms with van der Waals surface area (Å²) < 4.78 is 0. The van der Waals surface area contributed by atoms with Crippen molar-refractivity contribution in [3.05, 3.63) is 64.7 Å². The third-order valence-electron chi connectivity index (χ3n) is 3.32. The summed E-state index contributed by atoms with van der Waals surface area (Å²) in [7, 11) is 0. The molecule has 2 aromatic rings. The zero-order valence-electron chi connectivity index (χ0n) is 12.1. The van der Waals surface area contributed by atoms with Crippen molar-refractivity contribution in [1.29, 1.82) is 0 Å². The molecular formula is C18H14N2O2. The zero-order valence-corrected chi connectivity index (χ0v) is 12.1. The Labute approximate surface area is 128 Å². The van der Waals surface area contributed by atoms with Gasteiger partial charge in [0.25, 0.3) is 5.91 Å². The van der Waals surface area contributed by atoms with Crippen LogP contribution >= 0.6 is 0 Å². The molecule has 0 spiro atoms. The second kappa shape index (κ2) is 5.74. The van der Waals surface area contributed by atoms with Crippen molar-refractivity contribution in [3.8, 4) is 11.8 Å². The topological polar surface area (TPSA) is 58.2 Å². The van der Waals surface area contributed by atoms with Gasteiger partial charge in [-0.2, -0.15) is 0 Å². The third-order valence-corrected chi connectivity index (χ3v) is 3.32. The van der Waals surface area contributed by atoms with Crippen molar-refractivity contribution >= 4 is 17.5 Å². The van der Waals surface area contributed by atoms with Gasteiger partial charge in [-0.1, -0.05) is 30.0 Å². The molecule has 0 aromatic heterocycles. The van der Waals surface area contributed by atoms with Crippen molar-refractivity contribution in [1.82, 2.24) is 5.32 Å². The minimum absolute atomic E-state index is 0.0296. The molecule has 0 atom stereocenters. The number of benzene rings is 2. The fourth-order valence-electron chi connectivity index (χ4n) is 2.30. The maximum absolute atomic E-state index is 12.1. The summed E-state index contributed by atoms with van der Waals surface area (Å²) in [4.78, 5) is 23.8. The highest BCUT2D eigenvalue weighted by molar-refractivity contribution is 6.09. The van der Waals surface area contributed by atoms with Gasteiger partial charge in [-0.05, 0) is 36.8 Å². The van der Waals surface area contributed by atoms with Crippen molar-refractivity contribution in [3.63, 3.8) is 0 Å². The largest absolute Gasteiger partial charge is 0.343 e. The first-order chi connectivity index (χ1) is 10.6. The zero-order chi connectivity index (χ0) is 15.5. The molecule has 1 aliphatic rings. The molecule has 0 radical (unpaired) electrons. The number of anilines is 1. The smallest absolute Gasteiger partial charge is 0.253 e. The molecule has 0 aliphatic carbocycles. The van der Waals surface area contributed by atoms with Crippen LogP contribution in [0.4, 0.5) is 5.69 Å². The second-order valence-electron chi connectivity index (χ2n) is 5.08. The van der Waals surface area contributed by atoms with Crippen molar-refractivity contribution in [2.75, 3.05) is 11.9 Å². The van der Waals surface area contributed by atoms with Crippen LogP contribution in [0.5, 0.6) is 0 Å². The van der Waals surface area contributed by atoms with Crippen molar-refractivity contribution < 1.29 is 9.59 Å². The van der Waals surface area contributed by atoms with E-state index in [1.807, 2.05) is 43.3 Å². The number of hydrogen-bond donors (Lipinski definition) is 2. The number of hydrogen-bond acceptors (Lipinski definition) is 2. The van der Waals surface area contributed by atoms with Crippen LogP contribution in [0.15, 0.2) is 42.5 Å². The maximum Gasteiger partial charge on any atom is 0.253 e. The van der Waals surface area contributed by atoms with Crippen LogP contribution in [0.1, 0.15) is 27.0 Å². The molecule has 0 unspecified atom stereocenters. The average molecular weight is 290 g/mol. The molecule has 4 nitrogen and oxygen atoms in total. The number of carbonyl (C=O) groups is 2. The predicted octanol–water partition coefficient (Wildman–Crippen LogP) is 2.08. The summed E-state index contributed by atoms with van der Waals surface area (Å²) >= 11 is 0. The number of aryl methyl sites for hydroxylation is 1. The van der Waals surface area contributed by atoms with Crippen LogP contribution in [0, 0.1) is 18.8 Å². The quantitative estimate of drug-likeness (QED) is 0.730. The van der Waals surface area contributed by atoms with Gasteiger partial charge in [-0.15, -0.1) is 0 Å². The normalized spacial score (nSPS) is 13.1. The summed E-state index contributed by atoms with van der Waals surface area (Å²) in [5.41, 5.74) is 3.37. The first kappa shape index (κ1) is 13.9. The number of nitrogens with one attached hydrogen (secondary N) is 2. The molecule has 108 valence electrons. The highest BCUT2D eigenvalue weighted by atomic mass is 16.2. The van der Waals surface area contributed by atoms with Gasteiger partial charge in [-0.25, -0.2) is 0 Å². The molecule has 2 aromatic carbocycles. The number of rotatable bonds is 0. The van der Waals surface area contributed by atoms with Gasteiger partial charge in [0.1, 0.15) is 0 Å². The fraction of sp³-hybridized carbons (Fsp3) is 0.111. The lowest BCUT2D eigenvalue weighted by molar-refractivity contribution is -0.115. The molecule has 0 saturated heterocycles. The van der Waals surface area contributed by atoms with E-state index >= 15 is 0 Å². The number of amides is 2. The van der Waals surface area contributed by atoms with E-state index in [-0.39, 0.29) is 18.4 Å². The molecule has 3 rings (SSSR count). The first-order valence-corrected chi connectivity index (χ1v) is 6.93. The molecule has 2 amide bonds. The molecule has 0 fully saturated rings. The van der Waals surface area contributed by atoms with Crippen molar-refractivity contribution in [2.45, 2.75) is 6.92 Å². The Kier molecular flexibility index (Phi) is 3.63. The van der Waals surface area contributed by atoms with Crippen molar-refractivity contribution in [2.24, 2.45) is 0 Å². The predicted molar refractivity (Wildman–Crippen MR) is 84.6 cm³/mol. The molecule has 0 saturated carbocycles. The standard InChI is InChI=1S/C18H14N2O2/c1-12-9-14(8-7-13-5-3-2-4-6-13)17-15(10-12)18(22)19-11-16(21)20-17/h2-6,9-10H,11H2,1H3,(H,19,22)(H,20,21). The number of carbonyl (C=O) groups excluding carboxylic acids is 2. The van der Waals surface area contributed by atoms with Crippen LogP contribution in [-0.4, -0.2) is 18.4 Å². The lowest BCUT2D eigenvalue weighted by Gasteiger charge is -2.09. The molecule has 4 heteroatoms. The summed E-state index contributed by atoms with van der Waals surface area (Å²) in [6.07, 6.45) is 0. The van der Waals surface area contributed by atoms with Crippen LogP contribution in [0.25, 0.3) is 0 Å². The summed E-state index contributed by atoms with van der Waals surface area (Å²) in [6, 6.07) is 13.2. The van der Waals surface area contributed by atoms with Gasteiger partial charge >= 0.3 is 0 Å². The lowest BCUT2D eigenvalue weighted by Crippen LogP contribution is -2.28. The Morgan fingerprint density at radius 2 is 1.82 bits per heavy atom. The van der Waals surface area contributed by atoms with E-state index in [4.69, 9.17) is 0 Å². The molecule has 1 aliphatic heterocycles. The van der Waals surface area contributed by atoms with Gasteiger partial charge in [-0.3, -0.25) is 9.59 Å². The van der Waals surface area contributed by atoms with E-state index in [9.17, 15) is 9.59 Å². The monoisotopic (exact) mass is 290 g/mol. The molecule has 2 N–H and O–H groups in total. The SMILES string of the molecule is Cc1cc(C#Cc2ccccc2)c2c(c1)C(=O)NCC(=O)N2. The second-order valence-corrected chi connectivity index (χ2v) is 5.08. The van der Waals surface area contributed by atoms with E-state index in [0.717, 1.165) is 11.1 Å². The van der Waals surface area contributed by atoms with Crippen LogP contribution in [-0.2, 0) is 4.79 Å². The molecule has 22 heavy (non-hydrogen) atoms. The third kappa shape index (κ3) is 2.84. The highest BCUT2D eigenvalue weighted by Crippen LogP contribution is 2.24. The Balaban J connectivity index is 2.11. The van der Waals surface area contributed by atoms with E-state index in [2.05, 4.69) is 22.5 Å². The molecule has 0 bridgehead atoms. The number of fused-ring (bicyclic) bond motifs is 1. The minimum atomic E-state index is -0.264. The van der Waals surface area contributed by atoms with Crippen LogP contribution in [0.2, 0.25) is 0 Å². The fourth-order valence-corrected chi connectivity index (χ4v) is 2.30. The maximum atomic E-state index is 12.1. The molecule has 1 heterocycles. The summed E-state index contributed by atoms with van der Waals surface area (Å²) in [6.45, 7) is 1.87. The molecular weight excluding hydrogens is 276 g/mol. The van der Waals surface area contributed by atoms with Gasteiger partial charge in [0, 0.05) is 11.1 Å². The average Bonchev–Trinajstić information content (AvgIpc) is 2.66. The lowest BCUT2D eigenvalue weighted by atomic mass is 10.0. The van der Waals surface area contributed by atoms with Gasteiger partial charge in [0.15, 0.2) is 0 Å². The van der Waals surface area contributed by atoms with Crippen LogP contribution < -0.4 is 10.6 Å². The van der Waals surface area contributed by atoms with E-state index in [1.54, 1.807) is 6.07 Å². The Morgan fingerprint density at radius 1 is 1.05 bits per heavy atom. The van der Waals surface area contributed by atoms with Gasteiger partial charge in [0.2, 0.25) is 5.91 Å². The minimum Gasteiger partial charge on any atom is -0.343 e. The highest BCUT2D eigenvalue weighted by Gasteiger charge is 2.21. The van der Waals surface area contributed by atoms with E-state index in [1.165, 1.54) is 0 Å². The Hall–Kier alpha value is -3.06. The summed E-state index contributed by atoms with van der Waals surface area (Å²) in [5, 5.41) is 5.34. The van der Waals surface area contributed by atoms with Gasteiger partial charge in [0.05, 0.1) is 17.8 Å². The van der Waals surface area contributed by atoms with E-state index in [0.29, 0.717) is 16.8 Å². The van der Waals surface area contributed by atoms with Crippen LogP contribution in [0.3, 0.4) is 0 Å². The Bertz CT molecular complexity index is 814. The Morgan fingerprint density at radius 3 is 2.59 bits per heavy atom. The first-order valence-electron chi connectivity index (χ1n) is 6.93. The summed E-state index contributed by atoms with van der Waals surface area (Å²) in [5.74, 6) is 5.59.